The van der Waals surface area contributed by atoms with Crippen LogP contribution in [0, 0.1) is 5.92 Å². The summed E-state index contributed by atoms with van der Waals surface area (Å²) in [6.07, 6.45) is 3.99. The summed E-state index contributed by atoms with van der Waals surface area (Å²) in [6, 6.07) is 18.1. The summed E-state index contributed by atoms with van der Waals surface area (Å²) in [5.74, 6) is 2.63. The maximum atomic E-state index is 14.2. The van der Waals surface area contributed by atoms with Crippen LogP contribution in [0.2, 0.25) is 0 Å². The molecule has 7 nitrogen and oxygen atoms in total. The van der Waals surface area contributed by atoms with Crippen LogP contribution in [0.4, 0.5) is 5.69 Å². The first-order valence-corrected chi connectivity index (χ1v) is 12.3. The highest BCUT2D eigenvalue weighted by Crippen LogP contribution is 2.55. The minimum Gasteiger partial charge on any atom is -0.491 e. The van der Waals surface area contributed by atoms with Gasteiger partial charge in [-0.15, -0.1) is 0 Å². The number of hydrogen-bond donors (Lipinski definition) is 0. The van der Waals surface area contributed by atoms with Gasteiger partial charge in [0.05, 0.1) is 5.69 Å². The Kier molecular flexibility index (Phi) is 4.74. The zero-order chi connectivity index (χ0) is 23.4. The monoisotopic (exact) mass is 469 g/mol. The van der Waals surface area contributed by atoms with Gasteiger partial charge >= 0.3 is 0 Å². The minimum atomic E-state index is -0.827. The number of nitrogens with zero attached hydrogens (tertiary/aromatic N) is 3. The highest BCUT2D eigenvalue weighted by Gasteiger charge is 2.57. The van der Waals surface area contributed by atoms with Gasteiger partial charge in [-0.05, 0) is 61.7 Å². The van der Waals surface area contributed by atoms with Gasteiger partial charge in [-0.25, -0.2) is 0 Å². The van der Waals surface area contributed by atoms with E-state index >= 15 is 0 Å². The van der Waals surface area contributed by atoms with Gasteiger partial charge in [-0.1, -0.05) is 24.3 Å². The van der Waals surface area contributed by atoms with Crippen molar-refractivity contribution in [2.45, 2.75) is 24.8 Å². The van der Waals surface area contributed by atoms with E-state index in [4.69, 9.17) is 14.2 Å². The molecule has 1 spiro atoms. The van der Waals surface area contributed by atoms with Crippen molar-refractivity contribution in [3.05, 3.63) is 77.6 Å². The Balaban J connectivity index is 1.13. The van der Waals surface area contributed by atoms with Crippen LogP contribution in [0.15, 0.2) is 60.8 Å². The van der Waals surface area contributed by atoms with E-state index in [0.717, 1.165) is 61.5 Å². The number of carbonyl (C=O) groups is 1. The number of piperidine rings is 1. The van der Waals surface area contributed by atoms with E-state index in [0.29, 0.717) is 29.8 Å². The van der Waals surface area contributed by atoms with E-state index in [-0.39, 0.29) is 12.7 Å². The first-order chi connectivity index (χ1) is 17.2. The first kappa shape index (κ1) is 20.8. The van der Waals surface area contributed by atoms with Crippen molar-refractivity contribution in [1.82, 2.24) is 9.88 Å². The van der Waals surface area contributed by atoms with Gasteiger partial charge in [0.25, 0.3) is 0 Å². The molecular weight excluding hydrogens is 442 g/mol. The maximum Gasteiger partial charge on any atom is 0.245 e. The number of rotatable bonds is 4. The van der Waals surface area contributed by atoms with Crippen LogP contribution in [0.1, 0.15) is 29.7 Å². The van der Waals surface area contributed by atoms with Gasteiger partial charge in [0, 0.05) is 36.6 Å². The topological polar surface area (TPSA) is 64.1 Å². The standard InChI is InChI=1S/C28H27N3O4/c32-27-28(17-33-24-14-26-25(13-22(24)28)34-18-35-26)21-6-1-2-7-23(21)31(27)15-19-8-11-30(12-9-19)16-20-5-3-4-10-29-20/h1-7,10,13-14,19H,8-9,11-12,15-18H2. The van der Waals surface area contributed by atoms with Crippen LogP contribution in [-0.2, 0) is 16.8 Å². The largest absolute Gasteiger partial charge is 0.491 e. The second kappa shape index (κ2) is 7.99. The van der Waals surface area contributed by atoms with E-state index in [1.54, 1.807) is 0 Å². The number of carbonyl (C=O) groups excluding carboxylic acids is 1. The molecule has 1 saturated heterocycles. The Morgan fingerprint density at radius 1 is 0.914 bits per heavy atom. The average Bonchev–Trinajstić information content (AvgIpc) is 3.57. The SMILES string of the molecule is O=C1N(CC2CCN(Cc3ccccn3)CC2)c2ccccc2C12COc1cc3c(cc12)OCO3. The first-order valence-electron chi connectivity index (χ1n) is 12.3. The van der Waals surface area contributed by atoms with Crippen molar-refractivity contribution in [1.29, 1.82) is 0 Å². The molecular formula is C28H27N3O4. The van der Waals surface area contributed by atoms with Crippen LogP contribution < -0.4 is 19.1 Å². The molecule has 4 aliphatic heterocycles. The van der Waals surface area contributed by atoms with Crippen LogP contribution in [0.3, 0.4) is 0 Å². The lowest BCUT2D eigenvalue weighted by Gasteiger charge is -2.34. The molecule has 5 heterocycles. The Bertz CT molecular complexity index is 1290. The van der Waals surface area contributed by atoms with Gasteiger partial charge in [0.15, 0.2) is 11.5 Å². The van der Waals surface area contributed by atoms with Crippen molar-refractivity contribution in [3.63, 3.8) is 0 Å². The number of benzene rings is 2. The van der Waals surface area contributed by atoms with Crippen molar-refractivity contribution in [3.8, 4) is 17.2 Å². The number of aromatic nitrogens is 1. The van der Waals surface area contributed by atoms with Crippen molar-refractivity contribution in [2.24, 2.45) is 5.92 Å². The van der Waals surface area contributed by atoms with Gasteiger partial charge in [0.1, 0.15) is 17.8 Å². The van der Waals surface area contributed by atoms with Crippen LogP contribution in [0.25, 0.3) is 0 Å². The average molecular weight is 470 g/mol. The summed E-state index contributed by atoms with van der Waals surface area (Å²) in [4.78, 5) is 23.1. The van der Waals surface area contributed by atoms with Gasteiger partial charge < -0.3 is 19.1 Å². The lowest BCUT2D eigenvalue weighted by molar-refractivity contribution is -0.122. The summed E-state index contributed by atoms with van der Waals surface area (Å²) in [7, 11) is 0. The van der Waals surface area contributed by atoms with Gasteiger partial charge in [-0.3, -0.25) is 14.7 Å². The van der Waals surface area contributed by atoms with Crippen molar-refractivity contribution >= 4 is 11.6 Å². The molecule has 1 amide bonds. The summed E-state index contributed by atoms with van der Waals surface area (Å²) in [6.45, 7) is 4.15. The number of anilines is 1. The summed E-state index contributed by atoms with van der Waals surface area (Å²) in [5, 5.41) is 0. The predicted molar refractivity (Wildman–Crippen MR) is 130 cm³/mol. The Hall–Kier alpha value is -3.58. The number of likely N-dealkylation sites (tertiary alicyclic amines) is 1. The Morgan fingerprint density at radius 2 is 1.71 bits per heavy atom. The Morgan fingerprint density at radius 3 is 2.54 bits per heavy atom. The fourth-order valence-electron chi connectivity index (χ4n) is 6.05. The third-order valence-corrected chi connectivity index (χ3v) is 7.90. The lowest BCUT2D eigenvalue weighted by Crippen LogP contribution is -2.45. The second-order valence-corrected chi connectivity index (χ2v) is 9.87. The molecule has 1 unspecified atom stereocenters. The van der Waals surface area contributed by atoms with Crippen LogP contribution >= 0.6 is 0 Å². The van der Waals surface area contributed by atoms with E-state index < -0.39 is 5.41 Å². The molecule has 35 heavy (non-hydrogen) atoms. The number of ether oxygens (including phenoxy) is 3. The smallest absolute Gasteiger partial charge is 0.245 e. The molecule has 1 atom stereocenters. The molecule has 1 fully saturated rings. The molecule has 0 radical (unpaired) electrons. The van der Waals surface area contributed by atoms with E-state index in [1.807, 2.05) is 47.5 Å². The zero-order valence-corrected chi connectivity index (χ0v) is 19.5. The maximum absolute atomic E-state index is 14.2. The summed E-state index contributed by atoms with van der Waals surface area (Å²) < 4.78 is 17.3. The third kappa shape index (κ3) is 3.22. The number of hydrogen-bond acceptors (Lipinski definition) is 6. The normalized spacial score (nSPS) is 23.0. The molecule has 178 valence electrons. The van der Waals surface area contributed by atoms with Gasteiger partial charge in [0.2, 0.25) is 12.7 Å². The van der Waals surface area contributed by atoms with Gasteiger partial charge in [-0.2, -0.15) is 0 Å². The summed E-state index contributed by atoms with van der Waals surface area (Å²) >= 11 is 0. The Labute approximate surface area is 204 Å². The van der Waals surface area contributed by atoms with Crippen molar-refractivity contribution in [2.75, 3.05) is 37.9 Å². The molecule has 7 rings (SSSR count). The fraction of sp³-hybridized carbons (Fsp3) is 0.357. The number of pyridine rings is 1. The number of para-hydroxylation sites is 1. The molecule has 0 aliphatic carbocycles. The molecule has 0 N–H and O–H groups in total. The molecule has 4 aliphatic rings. The van der Waals surface area contributed by atoms with E-state index in [1.165, 1.54) is 0 Å². The molecule has 1 aromatic heterocycles. The van der Waals surface area contributed by atoms with Crippen LogP contribution in [0.5, 0.6) is 17.2 Å². The molecule has 7 heteroatoms. The second-order valence-electron chi connectivity index (χ2n) is 9.87. The highest BCUT2D eigenvalue weighted by molar-refractivity contribution is 6.11. The number of amides is 1. The summed E-state index contributed by atoms with van der Waals surface area (Å²) in [5.41, 5.74) is 3.19. The van der Waals surface area contributed by atoms with Crippen molar-refractivity contribution < 1.29 is 19.0 Å². The predicted octanol–water partition coefficient (Wildman–Crippen LogP) is 3.75. The quantitative estimate of drug-likeness (QED) is 0.580. The van der Waals surface area contributed by atoms with E-state index in [9.17, 15) is 4.79 Å². The van der Waals surface area contributed by atoms with Crippen LogP contribution in [-0.4, -0.2) is 48.8 Å². The molecule has 2 aromatic carbocycles. The third-order valence-electron chi connectivity index (χ3n) is 7.90. The lowest BCUT2D eigenvalue weighted by atomic mass is 9.77. The molecule has 3 aromatic rings. The number of fused-ring (bicyclic) bond motifs is 5. The highest BCUT2D eigenvalue weighted by atomic mass is 16.7. The van der Waals surface area contributed by atoms with E-state index in [2.05, 4.69) is 28.1 Å². The zero-order valence-electron chi connectivity index (χ0n) is 19.5. The molecule has 0 saturated carbocycles. The fourth-order valence-corrected chi connectivity index (χ4v) is 6.05. The minimum absolute atomic E-state index is 0.104. The molecule has 0 bridgehead atoms.